The summed E-state index contributed by atoms with van der Waals surface area (Å²) >= 11 is 0. The van der Waals surface area contributed by atoms with E-state index in [-0.39, 0.29) is 30.3 Å². The number of benzene rings is 2. The van der Waals surface area contributed by atoms with Gasteiger partial charge in [0.1, 0.15) is 6.04 Å². The molecule has 2 heterocycles. The van der Waals surface area contributed by atoms with Gasteiger partial charge in [-0.3, -0.25) is 14.4 Å². The van der Waals surface area contributed by atoms with Crippen LogP contribution >= 0.6 is 0 Å². The van der Waals surface area contributed by atoms with Gasteiger partial charge >= 0.3 is 0 Å². The average molecular weight is 444 g/mol. The standard InChI is InChI=1S/C25H25N5O3/c1-15-12-16(2)30(28-15)19-7-5-6-17(13-19)27-22(31)14-26-24(32)23-20-8-3-4-9-21(20)25(33)29(23)18-10-11-18/h3-9,12-13,18,23H,10-11,14H2,1-2H3,(H,26,32)(H,27,31). The number of rotatable bonds is 6. The zero-order valence-corrected chi connectivity index (χ0v) is 18.5. The molecule has 1 aliphatic heterocycles. The predicted molar refractivity (Wildman–Crippen MR) is 123 cm³/mol. The molecule has 2 aliphatic rings. The van der Waals surface area contributed by atoms with Crippen LogP contribution in [-0.4, -0.2) is 45.0 Å². The average Bonchev–Trinajstić information content (AvgIpc) is 3.52. The van der Waals surface area contributed by atoms with E-state index in [2.05, 4.69) is 15.7 Å². The van der Waals surface area contributed by atoms with Crippen molar-refractivity contribution in [3.8, 4) is 5.69 Å². The van der Waals surface area contributed by atoms with Gasteiger partial charge in [0.25, 0.3) is 5.91 Å². The molecule has 5 rings (SSSR count). The van der Waals surface area contributed by atoms with Gasteiger partial charge in [-0.15, -0.1) is 0 Å². The highest BCUT2D eigenvalue weighted by molar-refractivity contribution is 6.05. The molecule has 168 valence electrons. The lowest BCUT2D eigenvalue weighted by Crippen LogP contribution is -2.42. The van der Waals surface area contributed by atoms with E-state index in [0.717, 1.165) is 29.9 Å². The molecule has 1 aliphatic carbocycles. The van der Waals surface area contributed by atoms with E-state index in [4.69, 9.17) is 0 Å². The van der Waals surface area contributed by atoms with Crippen molar-refractivity contribution in [1.82, 2.24) is 20.0 Å². The lowest BCUT2D eigenvalue weighted by molar-refractivity contribution is -0.127. The fourth-order valence-electron chi connectivity index (χ4n) is 4.41. The summed E-state index contributed by atoms with van der Waals surface area (Å²) < 4.78 is 1.81. The first-order valence-corrected chi connectivity index (χ1v) is 11.1. The molecule has 1 atom stereocenters. The Kier molecular flexibility index (Phi) is 5.20. The van der Waals surface area contributed by atoms with E-state index in [1.807, 2.05) is 54.9 Å². The van der Waals surface area contributed by atoms with E-state index in [0.29, 0.717) is 16.8 Å². The molecule has 3 amide bonds. The Morgan fingerprint density at radius 1 is 1.06 bits per heavy atom. The van der Waals surface area contributed by atoms with Crippen LogP contribution in [0.4, 0.5) is 5.69 Å². The Hall–Kier alpha value is -3.94. The third-order valence-corrected chi connectivity index (χ3v) is 5.99. The monoisotopic (exact) mass is 443 g/mol. The van der Waals surface area contributed by atoms with Crippen LogP contribution in [0.3, 0.4) is 0 Å². The van der Waals surface area contributed by atoms with Crippen molar-refractivity contribution in [2.24, 2.45) is 0 Å². The Morgan fingerprint density at radius 3 is 2.58 bits per heavy atom. The number of hydrogen-bond donors (Lipinski definition) is 2. The largest absolute Gasteiger partial charge is 0.345 e. The van der Waals surface area contributed by atoms with Gasteiger partial charge in [0.2, 0.25) is 11.8 Å². The quantitative estimate of drug-likeness (QED) is 0.612. The van der Waals surface area contributed by atoms with Gasteiger partial charge < -0.3 is 15.5 Å². The Balaban J connectivity index is 1.25. The van der Waals surface area contributed by atoms with Crippen LogP contribution in [0, 0.1) is 13.8 Å². The molecular formula is C25H25N5O3. The van der Waals surface area contributed by atoms with Gasteiger partial charge in [-0.05, 0) is 62.6 Å². The van der Waals surface area contributed by atoms with Gasteiger partial charge in [0, 0.05) is 23.0 Å². The minimum absolute atomic E-state index is 0.0894. The number of nitrogens with zero attached hydrogens (tertiary/aromatic N) is 3. The third-order valence-electron chi connectivity index (χ3n) is 5.99. The molecule has 0 bridgehead atoms. The molecule has 2 N–H and O–H groups in total. The van der Waals surface area contributed by atoms with Crippen LogP contribution in [0.15, 0.2) is 54.6 Å². The van der Waals surface area contributed by atoms with E-state index in [9.17, 15) is 14.4 Å². The summed E-state index contributed by atoms with van der Waals surface area (Å²) in [6, 6.07) is 15.9. The first-order valence-electron chi connectivity index (χ1n) is 11.1. The molecule has 0 radical (unpaired) electrons. The zero-order chi connectivity index (χ0) is 23.1. The molecule has 0 saturated heterocycles. The Labute approximate surface area is 191 Å². The predicted octanol–water partition coefficient (Wildman–Crippen LogP) is 2.90. The van der Waals surface area contributed by atoms with E-state index in [1.54, 1.807) is 23.1 Å². The number of carbonyl (C=O) groups is 3. The van der Waals surface area contributed by atoms with Crippen LogP contribution in [0.2, 0.25) is 0 Å². The zero-order valence-electron chi connectivity index (χ0n) is 18.5. The molecule has 8 heteroatoms. The normalized spacial score (nSPS) is 17.1. The van der Waals surface area contributed by atoms with E-state index in [1.165, 1.54) is 0 Å². The Morgan fingerprint density at radius 2 is 1.85 bits per heavy atom. The van der Waals surface area contributed by atoms with Crippen molar-refractivity contribution in [2.45, 2.75) is 38.8 Å². The molecule has 1 aromatic heterocycles. The van der Waals surface area contributed by atoms with Crippen molar-refractivity contribution < 1.29 is 14.4 Å². The molecular weight excluding hydrogens is 418 g/mol. The third kappa shape index (κ3) is 4.00. The second kappa shape index (κ2) is 8.20. The molecule has 8 nitrogen and oxygen atoms in total. The smallest absolute Gasteiger partial charge is 0.255 e. The number of hydrogen-bond acceptors (Lipinski definition) is 4. The highest BCUT2D eigenvalue weighted by Gasteiger charge is 2.47. The van der Waals surface area contributed by atoms with Gasteiger partial charge in [-0.2, -0.15) is 5.10 Å². The number of nitrogens with one attached hydrogen (secondary N) is 2. The summed E-state index contributed by atoms with van der Waals surface area (Å²) in [7, 11) is 0. The van der Waals surface area contributed by atoms with Gasteiger partial charge in [-0.1, -0.05) is 24.3 Å². The summed E-state index contributed by atoms with van der Waals surface area (Å²) in [4.78, 5) is 40.1. The maximum absolute atomic E-state index is 13.0. The second-order valence-electron chi connectivity index (χ2n) is 8.59. The molecule has 33 heavy (non-hydrogen) atoms. The molecule has 2 aromatic carbocycles. The summed E-state index contributed by atoms with van der Waals surface area (Å²) in [6.07, 6.45) is 1.80. The summed E-state index contributed by atoms with van der Waals surface area (Å²) in [5, 5.41) is 10.0. The number of aryl methyl sites for hydroxylation is 2. The SMILES string of the molecule is Cc1cc(C)n(-c2cccc(NC(=O)CNC(=O)C3c4ccccc4C(=O)N3C3CC3)c2)n1. The maximum Gasteiger partial charge on any atom is 0.255 e. The van der Waals surface area contributed by atoms with Crippen molar-refractivity contribution in [2.75, 3.05) is 11.9 Å². The van der Waals surface area contributed by atoms with Crippen LogP contribution in [0.5, 0.6) is 0 Å². The summed E-state index contributed by atoms with van der Waals surface area (Å²) in [5.74, 6) is -0.796. The highest BCUT2D eigenvalue weighted by Crippen LogP contribution is 2.41. The van der Waals surface area contributed by atoms with E-state index >= 15 is 0 Å². The summed E-state index contributed by atoms with van der Waals surface area (Å²) in [5.41, 5.74) is 4.62. The molecule has 1 saturated carbocycles. The Bertz CT molecular complexity index is 1260. The van der Waals surface area contributed by atoms with Crippen LogP contribution < -0.4 is 10.6 Å². The van der Waals surface area contributed by atoms with Crippen molar-refractivity contribution >= 4 is 23.4 Å². The lowest BCUT2D eigenvalue weighted by atomic mass is 10.0. The number of aromatic nitrogens is 2. The first-order chi connectivity index (χ1) is 15.9. The lowest BCUT2D eigenvalue weighted by Gasteiger charge is -2.24. The molecule has 1 fully saturated rings. The van der Waals surface area contributed by atoms with Crippen LogP contribution in [-0.2, 0) is 9.59 Å². The number of fused-ring (bicyclic) bond motifs is 1. The van der Waals surface area contributed by atoms with Crippen molar-refractivity contribution in [3.63, 3.8) is 0 Å². The van der Waals surface area contributed by atoms with Gasteiger partial charge in [-0.25, -0.2) is 4.68 Å². The van der Waals surface area contributed by atoms with E-state index < -0.39 is 6.04 Å². The topological polar surface area (TPSA) is 96.3 Å². The minimum Gasteiger partial charge on any atom is -0.345 e. The second-order valence-corrected chi connectivity index (χ2v) is 8.59. The highest BCUT2D eigenvalue weighted by atomic mass is 16.2. The van der Waals surface area contributed by atoms with Gasteiger partial charge in [0.05, 0.1) is 17.9 Å². The number of carbonyl (C=O) groups excluding carboxylic acids is 3. The molecule has 3 aromatic rings. The van der Waals surface area contributed by atoms with Crippen LogP contribution in [0.25, 0.3) is 5.69 Å². The fourth-order valence-corrected chi connectivity index (χ4v) is 4.41. The summed E-state index contributed by atoms with van der Waals surface area (Å²) in [6.45, 7) is 3.71. The maximum atomic E-state index is 13.0. The van der Waals surface area contributed by atoms with Crippen LogP contribution in [0.1, 0.15) is 46.2 Å². The number of anilines is 1. The molecule has 0 spiro atoms. The van der Waals surface area contributed by atoms with Gasteiger partial charge in [0.15, 0.2) is 0 Å². The van der Waals surface area contributed by atoms with Crippen molar-refractivity contribution in [3.05, 3.63) is 77.1 Å². The minimum atomic E-state index is -0.691. The first kappa shape index (κ1) is 20.9. The number of amides is 3. The van der Waals surface area contributed by atoms with Crippen molar-refractivity contribution in [1.29, 1.82) is 0 Å². The molecule has 1 unspecified atom stereocenters. The fraction of sp³-hybridized carbons (Fsp3) is 0.280.